The number of hydrogen-bond donors (Lipinski definition) is 1. The van der Waals surface area contributed by atoms with Gasteiger partial charge in [0.25, 0.3) is 0 Å². The number of benzene rings is 1. The standard InChI is InChI=1S/C14H19NO5/c1-4-20-14(16)12(15-17)7-5-10-9-11(18-2)6-8-13(10)19-3/h6,8-9,17H,4-5,7H2,1-3H3. The number of ether oxygens (including phenoxy) is 3. The molecule has 1 rings (SSSR count). The van der Waals surface area contributed by atoms with E-state index in [9.17, 15) is 4.79 Å². The van der Waals surface area contributed by atoms with Gasteiger partial charge in [0.1, 0.15) is 11.5 Å². The van der Waals surface area contributed by atoms with Crippen LogP contribution in [0.5, 0.6) is 11.5 Å². The van der Waals surface area contributed by atoms with Gasteiger partial charge in [-0.25, -0.2) is 4.79 Å². The highest BCUT2D eigenvalue weighted by Crippen LogP contribution is 2.25. The van der Waals surface area contributed by atoms with Gasteiger partial charge in [0.05, 0.1) is 20.8 Å². The number of carbonyl (C=O) groups is 1. The monoisotopic (exact) mass is 281 g/mol. The molecule has 0 aliphatic rings. The first-order valence-corrected chi connectivity index (χ1v) is 6.25. The Kier molecular flexibility index (Phi) is 6.36. The van der Waals surface area contributed by atoms with Crippen molar-refractivity contribution in [1.82, 2.24) is 0 Å². The maximum Gasteiger partial charge on any atom is 0.356 e. The van der Waals surface area contributed by atoms with E-state index in [4.69, 9.17) is 19.4 Å². The van der Waals surface area contributed by atoms with E-state index in [1.54, 1.807) is 33.3 Å². The normalized spacial score (nSPS) is 11.1. The molecule has 0 saturated carbocycles. The minimum Gasteiger partial charge on any atom is -0.497 e. The van der Waals surface area contributed by atoms with E-state index in [0.29, 0.717) is 17.9 Å². The number of nitrogens with zero attached hydrogens (tertiary/aromatic N) is 1. The lowest BCUT2D eigenvalue weighted by Gasteiger charge is -2.10. The number of esters is 1. The maximum absolute atomic E-state index is 11.5. The number of aryl methyl sites for hydroxylation is 1. The number of carbonyl (C=O) groups excluding carboxylic acids is 1. The number of oxime groups is 1. The quantitative estimate of drug-likeness (QED) is 0.358. The molecule has 0 aliphatic heterocycles. The topological polar surface area (TPSA) is 77.4 Å². The highest BCUT2D eigenvalue weighted by Gasteiger charge is 2.15. The lowest BCUT2D eigenvalue weighted by molar-refractivity contribution is -0.135. The summed E-state index contributed by atoms with van der Waals surface area (Å²) in [6.45, 7) is 1.93. The second-order valence-electron chi connectivity index (χ2n) is 3.94. The fourth-order valence-electron chi connectivity index (χ4n) is 1.74. The highest BCUT2D eigenvalue weighted by molar-refractivity contribution is 6.36. The van der Waals surface area contributed by atoms with Gasteiger partial charge in [0.15, 0.2) is 5.71 Å². The van der Waals surface area contributed by atoms with Gasteiger partial charge < -0.3 is 19.4 Å². The van der Waals surface area contributed by atoms with E-state index in [1.165, 1.54) is 0 Å². The van der Waals surface area contributed by atoms with Gasteiger partial charge in [-0.3, -0.25) is 0 Å². The van der Waals surface area contributed by atoms with Crippen molar-refractivity contribution in [2.45, 2.75) is 19.8 Å². The zero-order valence-corrected chi connectivity index (χ0v) is 11.9. The van der Waals surface area contributed by atoms with Crippen LogP contribution in [0.3, 0.4) is 0 Å². The van der Waals surface area contributed by atoms with Gasteiger partial charge in [-0.2, -0.15) is 0 Å². The predicted octanol–water partition coefficient (Wildman–Crippen LogP) is 2.03. The van der Waals surface area contributed by atoms with Crippen LogP contribution in [-0.4, -0.2) is 37.7 Å². The Balaban J connectivity index is 2.79. The Labute approximate surface area is 117 Å². The number of rotatable bonds is 7. The Bertz CT molecular complexity index is 484. The smallest absolute Gasteiger partial charge is 0.356 e. The molecule has 0 saturated heterocycles. The first-order valence-electron chi connectivity index (χ1n) is 6.25. The van der Waals surface area contributed by atoms with Crippen LogP contribution < -0.4 is 9.47 Å². The highest BCUT2D eigenvalue weighted by atomic mass is 16.5. The molecule has 6 heteroatoms. The summed E-state index contributed by atoms with van der Waals surface area (Å²) >= 11 is 0. The second-order valence-corrected chi connectivity index (χ2v) is 3.94. The average Bonchev–Trinajstić information content (AvgIpc) is 2.47. The summed E-state index contributed by atoms with van der Waals surface area (Å²) in [4.78, 5) is 11.5. The molecular weight excluding hydrogens is 262 g/mol. The largest absolute Gasteiger partial charge is 0.497 e. The molecule has 0 fully saturated rings. The van der Waals surface area contributed by atoms with E-state index in [0.717, 1.165) is 5.56 Å². The van der Waals surface area contributed by atoms with Crippen LogP contribution in [0, 0.1) is 0 Å². The molecule has 0 aromatic heterocycles. The number of hydrogen-bond acceptors (Lipinski definition) is 6. The summed E-state index contributed by atoms with van der Waals surface area (Å²) in [6, 6.07) is 5.39. The van der Waals surface area contributed by atoms with Crippen molar-refractivity contribution >= 4 is 11.7 Å². The van der Waals surface area contributed by atoms with E-state index in [1.807, 2.05) is 6.07 Å². The molecule has 0 atom stereocenters. The third-order valence-electron chi connectivity index (χ3n) is 2.75. The molecule has 20 heavy (non-hydrogen) atoms. The Morgan fingerprint density at radius 1 is 1.30 bits per heavy atom. The zero-order valence-electron chi connectivity index (χ0n) is 11.9. The van der Waals surface area contributed by atoms with Gasteiger partial charge in [-0.1, -0.05) is 5.16 Å². The molecule has 0 unspecified atom stereocenters. The van der Waals surface area contributed by atoms with E-state index in [2.05, 4.69) is 5.16 Å². The van der Waals surface area contributed by atoms with Gasteiger partial charge in [0, 0.05) is 6.42 Å². The second kappa shape index (κ2) is 8.04. The van der Waals surface area contributed by atoms with Crippen molar-refractivity contribution in [2.75, 3.05) is 20.8 Å². The van der Waals surface area contributed by atoms with Crippen molar-refractivity contribution in [3.05, 3.63) is 23.8 Å². The maximum atomic E-state index is 11.5. The molecule has 1 N–H and O–H groups in total. The van der Waals surface area contributed by atoms with E-state index in [-0.39, 0.29) is 18.7 Å². The van der Waals surface area contributed by atoms with Crippen molar-refractivity contribution < 1.29 is 24.2 Å². The minimum absolute atomic E-state index is 0.0169. The fourth-order valence-corrected chi connectivity index (χ4v) is 1.74. The van der Waals surface area contributed by atoms with Gasteiger partial charge in [-0.05, 0) is 37.1 Å². The third kappa shape index (κ3) is 4.15. The third-order valence-corrected chi connectivity index (χ3v) is 2.75. The summed E-state index contributed by atoms with van der Waals surface area (Å²) in [5.74, 6) is 0.767. The molecule has 110 valence electrons. The van der Waals surface area contributed by atoms with Crippen LogP contribution in [0.2, 0.25) is 0 Å². The fraction of sp³-hybridized carbons (Fsp3) is 0.429. The Hall–Kier alpha value is -2.24. The Morgan fingerprint density at radius 2 is 2.05 bits per heavy atom. The molecule has 0 heterocycles. The van der Waals surface area contributed by atoms with Crippen LogP contribution in [0.25, 0.3) is 0 Å². The van der Waals surface area contributed by atoms with Crippen LogP contribution in [-0.2, 0) is 16.0 Å². The zero-order chi connectivity index (χ0) is 15.0. The molecule has 0 radical (unpaired) electrons. The molecule has 1 aromatic rings. The van der Waals surface area contributed by atoms with E-state index >= 15 is 0 Å². The van der Waals surface area contributed by atoms with Gasteiger partial charge >= 0.3 is 5.97 Å². The molecule has 6 nitrogen and oxygen atoms in total. The molecule has 0 aliphatic carbocycles. The van der Waals surface area contributed by atoms with E-state index < -0.39 is 5.97 Å². The minimum atomic E-state index is -0.614. The van der Waals surface area contributed by atoms with Crippen LogP contribution in [0.1, 0.15) is 18.9 Å². The van der Waals surface area contributed by atoms with Crippen LogP contribution >= 0.6 is 0 Å². The lowest BCUT2D eigenvalue weighted by Crippen LogP contribution is -2.18. The summed E-state index contributed by atoms with van der Waals surface area (Å²) in [6.07, 6.45) is 0.720. The van der Waals surface area contributed by atoms with Crippen molar-refractivity contribution in [1.29, 1.82) is 0 Å². The van der Waals surface area contributed by atoms with Gasteiger partial charge in [-0.15, -0.1) is 0 Å². The van der Waals surface area contributed by atoms with Crippen LogP contribution in [0.4, 0.5) is 0 Å². The molecule has 0 bridgehead atoms. The Morgan fingerprint density at radius 3 is 2.60 bits per heavy atom. The lowest BCUT2D eigenvalue weighted by atomic mass is 10.1. The molecule has 0 amide bonds. The summed E-state index contributed by atoms with van der Waals surface area (Å²) < 4.78 is 15.2. The summed E-state index contributed by atoms with van der Waals surface area (Å²) in [5.41, 5.74) is 0.842. The average molecular weight is 281 g/mol. The first-order chi connectivity index (χ1) is 9.65. The first kappa shape index (κ1) is 15.8. The molecule has 1 aromatic carbocycles. The van der Waals surface area contributed by atoms with Crippen LogP contribution in [0.15, 0.2) is 23.4 Å². The van der Waals surface area contributed by atoms with Crippen molar-refractivity contribution in [2.24, 2.45) is 5.16 Å². The molecule has 0 spiro atoms. The SMILES string of the molecule is CCOC(=O)C(CCc1cc(OC)ccc1OC)=NO. The van der Waals surface area contributed by atoms with Crippen molar-refractivity contribution in [3.8, 4) is 11.5 Å². The summed E-state index contributed by atoms with van der Waals surface area (Å²) in [5, 5.41) is 11.8. The predicted molar refractivity (Wildman–Crippen MR) is 73.7 cm³/mol. The van der Waals surface area contributed by atoms with Gasteiger partial charge in [0.2, 0.25) is 0 Å². The summed E-state index contributed by atoms with van der Waals surface area (Å²) in [7, 11) is 3.14. The number of methoxy groups -OCH3 is 2. The molecular formula is C14H19NO5. The van der Waals surface area contributed by atoms with Crippen molar-refractivity contribution in [3.63, 3.8) is 0 Å².